The van der Waals surface area contributed by atoms with E-state index in [2.05, 4.69) is 9.97 Å². The van der Waals surface area contributed by atoms with Gasteiger partial charge < -0.3 is 4.42 Å². The van der Waals surface area contributed by atoms with Crippen LogP contribution in [0.15, 0.2) is 59.3 Å². The highest BCUT2D eigenvalue weighted by atomic mass is 35.5. The van der Waals surface area contributed by atoms with E-state index in [0.717, 1.165) is 16.8 Å². The molecule has 0 unspecified atom stereocenters. The second kappa shape index (κ2) is 5.24. The molecule has 3 rings (SSSR count). The summed E-state index contributed by atoms with van der Waals surface area (Å²) in [6.07, 6.45) is 3.46. The Bertz CT molecular complexity index is 665. The molecule has 0 saturated carbocycles. The van der Waals surface area contributed by atoms with E-state index in [4.69, 9.17) is 16.0 Å². The first kappa shape index (κ1) is 11.9. The highest BCUT2D eigenvalue weighted by Crippen LogP contribution is 2.30. The second-order valence-corrected chi connectivity index (χ2v) is 4.30. The maximum atomic E-state index is 5.94. The van der Waals surface area contributed by atoms with Crippen LogP contribution in [-0.4, -0.2) is 9.97 Å². The van der Waals surface area contributed by atoms with Crippen LogP contribution in [-0.2, 0) is 5.88 Å². The molecule has 0 aliphatic rings. The summed E-state index contributed by atoms with van der Waals surface area (Å²) in [5, 5.41) is 0. The fourth-order valence-electron chi connectivity index (χ4n) is 1.87. The topological polar surface area (TPSA) is 38.9 Å². The van der Waals surface area contributed by atoms with Crippen molar-refractivity contribution in [3.05, 3.63) is 60.6 Å². The van der Waals surface area contributed by atoms with Crippen molar-refractivity contribution in [1.29, 1.82) is 0 Å². The zero-order valence-corrected chi connectivity index (χ0v) is 10.8. The number of oxazole rings is 1. The molecule has 0 aliphatic carbocycles. The van der Waals surface area contributed by atoms with E-state index >= 15 is 0 Å². The van der Waals surface area contributed by atoms with Gasteiger partial charge >= 0.3 is 0 Å². The van der Waals surface area contributed by atoms with Crippen molar-refractivity contribution in [2.24, 2.45) is 0 Å². The van der Waals surface area contributed by atoms with Gasteiger partial charge in [0.2, 0.25) is 5.89 Å². The molecule has 0 aliphatic heterocycles. The van der Waals surface area contributed by atoms with Crippen molar-refractivity contribution in [3.8, 4) is 22.8 Å². The van der Waals surface area contributed by atoms with Crippen molar-refractivity contribution in [2.75, 3.05) is 0 Å². The third-order valence-electron chi connectivity index (χ3n) is 2.77. The normalized spacial score (nSPS) is 10.6. The average Bonchev–Trinajstić information content (AvgIpc) is 2.93. The van der Waals surface area contributed by atoms with Crippen LogP contribution >= 0.6 is 11.6 Å². The van der Waals surface area contributed by atoms with E-state index in [0.29, 0.717) is 17.5 Å². The Labute approximate surface area is 115 Å². The van der Waals surface area contributed by atoms with Gasteiger partial charge in [0, 0.05) is 23.5 Å². The van der Waals surface area contributed by atoms with Crippen LogP contribution < -0.4 is 0 Å². The van der Waals surface area contributed by atoms with Crippen LogP contribution in [0.2, 0.25) is 0 Å². The molecule has 2 heterocycles. The number of pyridine rings is 1. The molecule has 3 nitrogen and oxygen atoms in total. The Morgan fingerprint density at radius 3 is 2.47 bits per heavy atom. The SMILES string of the molecule is ClCc1nc(-c2ccccc2)oc1-c1cccnc1. The largest absolute Gasteiger partial charge is 0.436 e. The van der Waals surface area contributed by atoms with Gasteiger partial charge in [-0.3, -0.25) is 4.98 Å². The second-order valence-electron chi connectivity index (χ2n) is 4.04. The van der Waals surface area contributed by atoms with E-state index in [9.17, 15) is 0 Å². The van der Waals surface area contributed by atoms with Gasteiger partial charge in [-0.15, -0.1) is 11.6 Å². The minimum absolute atomic E-state index is 0.306. The number of nitrogens with zero attached hydrogens (tertiary/aromatic N) is 2. The number of hydrogen-bond acceptors (Lipinski definition) is 3. The number of alkyl halides is 1. The third kappa shape index (κ3) is 2.37. The summed E-state index contributed by atoms with van der Waals surface area (Å²) in [5.41, 5.74) is 2.55. The molecule has 0 radical (unpaired) electrons. The molecule has 4 heteroatoms. The lowest BCUT2D eigenvalue weighted by molar-refractivity contribution is 0.587. The van der Waals surface area contributed by atoms with E-state index in [1.807, 2.05) is 42.5 Å². The molecule has 3 aromatic rings. The number of rotatable bonds is 3. The summed E-state index contributed by atoms with van der Waals surface area (Å²) >= 11 is 5.94. The molecule has 0 saturated heterocycles. The lowest BCUT2D eigenvalue weighted by Crippen LogP contribution is -1.83. The molecule has 0 atom stereocenters. The van der Waals surface area contributed by atoms with Crippen molar-refractivity contribution >= 4 is 11.6 Å². The Kier molecular flexibility index (Phi) is 3.29. The van der Waals surface area contributed by atoms with Crippen LogP contribution in [0.4, 0.5) is 0 Å². The first-order chi connectivity index (χ1) is 9.38. The summed E-state index contributed by atoms with van der Waals surface area (Å²) in [6, 6.07) is 13.5. The van der Waals surface area contributed by atoms with E-state index in [1.54, 1.807) is 12.4 Å². The van der Waals surface area contributed by atoms with Gasteiger partial charge in [-0.1, -0.05) is 18.2 Å². The van der Waals surface area contributed by atoms with Gasteiger partial charge in [0.25, 0.3) is 0 Å². The van der Waals surface area contributed by atoms with Crippen LogP contribution in [0.5, 0.6) is 0 Å². The standard InChI is InChI=1S/C15H11ClN2O/c16-9-13-14(12-7-4-8-17-10-12)19-15(18-13)11-5-2-1-3-6-11/h1-8,10H,9H2. The summed E-state index contributed by atoms with van der Waals surface area (Å²) < 4.78 is 5.84. The first-order valence-corrected chi connectivity index (χ1v) is 6.43. The third-order valence-corrected chi connectivity index (χ3v) is 3.02. The molecular formula is C15H11ClN2O. The quantitative estimate of drug-likeness (QED) is 0.671. The zero-order chi connectivity index (χ0) is 13.1. The Morgan fingerprint density at radius 2 is 1.79 bits per heavy atom. The van der Waals surface area contributed by atoms with Crippen LogP contribution in [0, 0.1) is 0 Å². The summed E-state index contributed by atoms with van der Waals surface area (Å²) in [6.45, 7) is 0. The summed E-state index contributed by atoms with van der Waals surface area (Å²) in [5.74, 6) is 1.57. The van der Waals surface area contributed by atoms with Gasteiger partial charge in [-0.25, -0.2) is 4.98 Å². The Hall–Kier alpha value is -2.13. The van der Waals surface area contributed by atoms with E-state index in [1.165, 1.54) is 0 Å². The number of halogens is 1. The predicted molar refractivity (Wildman–Crippen MR) is 74.7 cm³/mol. The van der Waals surface area contributed by atoms with Crippen molar-refractivity contribution in [3.63, 3.8) is 0 Å². The molecular weight excluding hydrogens is 260 g/mol. The lowest BCUT2D eigenvalue weighted by atomic mass is 10.2. The minimum Gasteiger partial charge on any atom is -0.436 e. The fraction of sp³-hybridized carbons (Fsp3) is 0.0667. The van der Waals surface area contributed by atoms with Gasteiger partial charge in [-0.05, 0) is 24.3 Å². The van der Waals surface area contributed by atoms with Gasteiger partial charge in [0.15, 0.2) is 5.76 Å². The van der Waals surface area contributed by atoms with Crippen molar-refractivity contribution < 1.29 is 4.42 Å². The fourth-order valence-corrected chi connectivity index (χ4v) is 2.05. The van der Waals surface area contributed by atoms with E-state index < -0.39 is 0 Å². The van der Waals surface area contributed by atoms with Crippen LogP contribution in [0.3, 0.4) is 0 Å². The lowest BCUT2D eigenvalue weighted by Gasteiger charge is -1.96. The molecule has 0 bridgehead atoms. The Morgan fingerprint density at radius 1 is 1.00 bits per heavy atom. The molecule has 19 heavy (non-hydrogen) atoms. The van der Waals surface area contributed by atoms with Gasteiger partial charge in [-0.2, -0.15) is 0 Å². The molecule has 0 N–H and O–H groups in total. The number of aromatic nitrogens is 2. The monoisotopic (exact) mass is 270 g/mol. The molecule has 1 aromatic carbocycles. The number of hydrogen-bond donors (Lipinski definition) is 0. The molecule has 0 amide bonds. The van der Waals surface area contributed by atoms with E-state index in [-0.39, 0.29) is 0 Å². The van der Waals surface area contributed by atoms with Gasteiger partial charge in [0.05, 0.1) is 5.88 Å². The highest BCUT2D eigenvalue weighted by Gasteiger charge is 2.15. The van der Waals surface area contributed by atoms with Crippen molar-refractivity contribution in [2.45, 2.75) is 5.88 Å². The average molecular weight is 271 g/mol. The van der Waals surface area contributed by atoms with Crippen LogP contribution in [0.1, 0.15) is 5.69 Å². The Balaban J connectivity index is 2.09. The smallest absolute Gasteiger partial charge is 0.227 e. The number of benzene rings is 1. The maximum absolute atomic E-state index is 5.94. The van der Waals surface area contributed by atoms with Gasteiger partial charge in [0.1, 0.15) is 5.69 Å². The van der Waals surface area contributed by atoms with Crippen molar-refractivity contribution in [1.82, 2.24) is 9.97 Å². The predicted octanol–water partition coefficient (Wildman–Crippen LogP) is 4.14. The van der Waals surface area contributed by atoms with Crippen LogP contribution in [0.25, 0.3) is 22.8 Å². The highest BCUT2D eigenvalue weighted by molar-refractivity contribution is 6.17. The molecule has 2 aromatic heterocycles. The zero-order valence-electron chi connectivity index (χ0n) is 10.1. The maximum Gasteiger partial charge on any atom is 0.227 e. The summed E-state index contributed by atoms with van der Waals surface area (Å²) in [7, 11) is 0. The molecule has 94 valence electrons. The minimum atomic E-state index is 0.306. The first-order valence-electron chi connectivity index (χ1n) is 5.90. The molecule has 0 fully saturated rings. The molecule has 0 spiro atoms. The summed E-state index contributed by atoms with van der Waals surface area (Å²) in [4.78, 5) is 8.54.